The third kappa shape index (κ3) is 3.91. The first-order valence-electron chi connectivity index (χ1n) is 6.52. The Kier molecular flexibility index (Phi) is 5.10. The predicted molar refractivity (Wildman–Crippen MR) is 82.4 cm³/mol. The van der Waals surface area contributed by atoms with Gasteiger partial charge in [-0.15, -0.1) is 11.7 Å². The molecule has 0 aliphatic rings. The summed E-state index contributed by atoms with van der Waals surface area (Å²) in [5.41, 5.74) is 2.00. The quantitative estimate of drug-likeness (QED) is 0.650. The molecule has 0 saturated heterocycles. The summed E-state index contributed by atoms with van der Waals surface area (Å²) in [6.45, 7) is 7.85. The summed E-state index contributed by atoms with van der Waals surface area (Å²) >= 11 is 1.32. The highest BCUT2D eigenvalue weighted by atomic mass is 32.2. The third-order valence-electron chi connectivity index (χ3n) is 2.76. The van der Waals surface area contributed by atoms with Gasteiger partial charge in [-0.2, -0.15) is 4.68 Å². The molecule has 1 aromatic carbocycles. The van der Waals surface area contributed by atoms with E-state index >= 15 is 0 Å². The fourth-order valence-electron chi connectivity index (χ4n) is 1.70. The topological polar surface area (TPSA) is 72.7 Å². The molecule has 110 valence electrons. The summed E-state index contributed by atoms with van der Waals surface area (Å²) < 4.78 is 1.63. The van der Waals surface area contributed by atoms with Crippen molar-refractivity contribution in [2.24, 2.45) is 0 Å². The van der Waals surface area contributed by atoms with E-state index < -0.39 is 0 Å². The molecule has 0 bridgehead atoms. The molecule has 6 nitrogen and oxygen atoms in total. The smallest absolute Gasteiger partial charge is 0.233 e. The second kappa shape index (κ2) is 7.03. The van der Waals surface area contributed by atoms with Crippen LogP contribution in [-0.4, -0.2) is 37.9 Å². The minimum absolute atomic E-state index is 0.0707. The molecule has 0 aliphatic heterocycles. The molecule has 1 amide bonds. The van der Waals surface area contributed by atoms with Crippen LogP contribution in [0.5, 0.6) is 0 Å². The highest BCUT2D eigenvalue weighted by molar-refractivity contribution is 8.00. The number of aryl methyl sites for hydroxylation is 1. The van der Waals surface area contributed by atoms with Gasteiger partial charge in [0.1, 0.15) is 0 Å². The number of hydrogen-bond donors (Lipinski definition) is 1. The van der Waals surface area contributed by atoms with Gasteiger partial charge in [0.15, 0.2) is 0 Å². The molecule has 1 atom stereocenters. The number of tetrazole rings is 1. The van der Waals surface area contributed by atoms with Crippen LogP contribution in [0.1, 0.15) is 12.5 Å². The van der Waals surface area contributed by atoms with Crippen molar-refractivity contribution in [3.8, 4) is 5.69 Å². The van der Waals surface area contributed by atoms with Gasteiger partial charge in [0.25, 0.3) is 0 Å². The van der Waals surface area contributed by atoms with Gasteiger partial charge in [-0.3, -0.25) is 4.79 Å². The predicted octanol–water partition coefficient (Wildman–Crippen LogP) is 1.75. The summed E-state index contributed by atoms with van der Waals surface area (Å²) in [6, 6.07) is 7.87. The van der Waals surface area contributed by atoms with Crippen LogP contribution in [0.4, 0.5) is 0 Å². The molecule has 21 heavy (non-hydrogen) atoms. The van der Waals surface area contributed by atoms with E-state index in [0.29, 0.717) is 11.7 Å². The number of carbonyl (C=O) groups excluding carboxylic acids is 1. The number of nitrogens with one attached hydrogen (secondary N) is 1. The largest absolute Gasteiger partial charge is 0.352 e. The number of carbonyl (C=O) groups is 1. The Balaban J connectivity index is 2.14. The van der Waals surface area contributed by atoms with Crippen LogP contribution in [0.3, 0.4) is 0 Å². The number of aromatic nitrogens is 4. The number of amides is 1. The molecule has 0 radical (unpaired) electrons. The van der Waals surface area contributed by atoms with Gasteiger partial charge in [-0.05, 0) is 42.0 Å². The lowest BCUT2D eigenvalue weighted by molar-refractivity contribution is -0.120. The maximum Gasteiger partial charge on any atom is 0.233 e. The van der Waals surface area contributed by atoms with Crippen LogP contribution in [0.15, 0.2) is 42.1 Å². The number of nitrogens with zero attached hydrogens (tertiary/aromatic N) is 4. The lowest BCUT2D eigenvalue weighted by Gasteiger charge is -2.10. The van der Waals surface area contributed by atoms with E-state index in [-0.39, 0.29) is 11.2 Å². The van der Waals surface area contributed by atoms with Gasteiger partial charge in [0.2, 0.25) is 11.1 Å². The van der Waals surface area contributed by atoms with Crippen LogP contribution in [0.2, 0.25) is 0 Å². The van der Waals surface area contributed by atoms with Crippen molar-refractivity contribution < 1.29 is 4.79 Å². The Morgan fingerprint density at radius 2 is 2.38 bits per heavy atom. The Morgan fingerprint density at radius 1 is 1.57 bits per heavy atom. The first-order valence-corrected chi connectivity index (χ1v) is 7.40. The molecule has 0 spiro atoms. The van der Waals surface area contributed by atoms with E-state index in [2.05, 4.69) is 27.4 Å². The van der Waals surface area contributed by atoms with Gasteiger partial charge in [-0.25, -0.2) is 0 Å². The van der Waals surface area contributed by atoms with Crippen molar-refractivity contribution in [1.82, 2.24) is 25.5 Å². The minimum atomic E-state index is -0.292. The average molecular weight is 303 g/mol. The number of thioether (sulfide) groups is 1. The summed E-state index contributed by atoms with van der Waals surface area (Å²) in [5.74, 6) is -0.0707. The van der Waals surface area contributed by atoms with Gasteiger partial charge in [-0.1, -0.05) is 30.0 Å². The fraction of sp³-hybridized carbons (Fsp3) is 0.286. The van der Waals surface area contributed by atoms with Gasteiger partial charge < -0.3 is 5.32 Å². The second-order valence-corrected chi connectivity index (χ2v) is 5.81. The maximum atomic E-state index is 11.9. The Labute approximate surface area is 127 Å². The van der Waals surface area contributed by atoms with Crippen LogP contribution >= 0.6 is 11.8 Å². The van der Waals surface area contributed by atoms with E-state index in [1.807, 2.05) is 38.1 Å². The average Bonchev–Trinajstić information content (AvgIpc) is 2.92. The highest BCUT2D eigenvalue weighted by Crippen LogP contribution is 2.23. The van der Waals surface area contributed by atoms with Gasteiger partial charge in [0.05, 0.1) is 10.9 Å². The third-order valence-corrected chi connectivity index (χ3v) is 3.79. The van der Waals surface area contributed by atoms with E-state index in [1.165, 1.54) is 11.8 Å². The van der Waals surface area contributed by atoms with E-state index in [1.54, 1.807) is 10.8 Å². The molecule has 2 aromatic rings. The van der Waals surface area contributed by atoms with E-state index in [4.69, 9.17) is 0 Å². The molecular weight excluding hydrogens is 286 g/mol. The van der Waals surface area contributed by atoms with Crippen molar-refractivity contribution in [3.63, 3.8) is 0 Å². The SMILES string of the molecule is C=CCNC(=O)[C@@H](C)Sc1nnnn1-c1cccc(C)c1. The molecule has 7 heteroatoms. The standard InChI is InChI=1S/C14H17N5OS/c1-4-8-15-13(20)11(3)21-14-16-17-18-19(14)12-7-5-6-10(2)9-12/h4-7,9,11H,1,8H2,2-3H3,(H,15,20)/t11-/m1/s1. The summed E-state index contributed by atoms with van der Waals surface area (Å²) in [5, 5.41) is 14.7. The van der Waals surface area contributed by atoms with Crippen molar-refractivity contribution in [2.75, 3.05) is 6.54 Å². The van der Waals surface area contributed by atoms with Crippen molar-refractivity contribution >= 4 is 17.7 Å². The molecular formula is C14H17N5OS. The van der Waals surface area contributed by atoms with E-state index in [9.17, 15) is 4.79 Å². The normalized spacial score (nSPS) is 11.9. The lowest BCUT2D eigenvalue weighted by Crippen LogP contribution is -2.31. The summed E-state index contributed by atoms with van der Waals surface area (Å²) in [7, 11) is 0. The molecule has 1 heterocycles. The molecule has 1 aromatic heterocycles. The van der Waals surface area contributed by atoms with Crippen LogP contribution in [0, 0.1) is 6.92 Å². The summed E-state index contributed by atoms with van der Waals surface area (Å²) in [4.78, 5) is 11.9. The molecule has 0 fully saturated rings. The van der Waals surface area contributed by atoms with E-state index in [0.717, 1.165) is 11.3 Å². The molecule has 1 N–H and O–H groups in total. The molecule has 0 saturated carbocycles. The highest BCUT2D eigenvalue weighted by Gasteiger charge is 2.18. The fourth-order valence-corrected chi connectivity index (χ4v) is 2.53. The summed E-state index contributed by atoms with van der Waals surface area (Å²) in [6.07, 6.45) is 1.64. The monoisotopic (exact) mass is 303 g/mol. The first-order chi connectivity index (χ1) is 10.1. The van der Waals surface area contributed by atoms with Crippen molar-refractivity contribution in [2.45, 2.75) is 24.3 Å². The number of rotatable bonds is 6. The molecule has 0 unspecified atom stereocenters. The van der Waals surface area contributed by atoms with Crippen LogP contribution < -0.4 is 5.32 Å². The van der Waals surface area contributed by atoms with Crippen LogP contribution in [-0.2, 0) is 4.79 Å². The Bertz CT molecular complexity index is 640. The Hall–Kier alpha value is -2.15. The minimum Gasteiger partial charge on any atom is -0.352 e. The molecule has 2 rings (SSSR count). The Morgan fingerprint density at radius 3 is 3.10 bits per heavy atom. The lowest BCUT2D eigenvalue weighted by atomic mass is 10.2. The first kappa shape index (κ1) is 15.2. The second-order valence-electron chi connectivity index (χ2n) is 4.51. The zero-order valence-electron chi connectivity index (χ0n) is 12.0. The van der Waals surface area contributed by atoms with Gasteiger partial charge >= 0.3 is 0 Å². The van der Waals surface area contributed by atoms with Gasteiger partial charge in [0, 0.05) is 6.54 Å². The van der Waals surface area contributed by atoms with Crippen LogP contribution in [0.25, 0.3) is 5.69 Å². The number of hydrogen-bond acceptors (Lipinski definition) is 5. The number of benzene rings is 1. The molecule has 0 aliphatic carbocycles. The zero-order chi connectivity index (χ0) is 15.2. The zero-order valence-corrected chi connectivity index (χ0v) is 12.8. The maximum absolute atomic E-state index is 11.9. The van der Waals surface area contributed by atoms with Crippen molar-refractivity contribution in [3.05, 3.63) is 42.5 Å². The van der Waals surface area contributed by atoms with Crippen molar-refractivity contribution in [1.29, 1.82) is 0 Å².